The number of amides is 1. The first-order valence-corrected chi connectivity index (χ1v) is 5.29. The number of alkyl carbamates (subject to hydrolysis) is 1. The Hall–Kier alpha value is -0.420. The summed E-state index contributed by atoms with van der Waals surface area (Å²) < 4.78 is 10.2. The average Bonchev–Trinajstić information content (AvgIpc) is 2.01. The summed E-state index contributed by atoms with van der Waals surface area (Å²) in [6.07, 6.45) is 0.559. The lowest BCUT2D eigenvalue weighted by Gasteiger charge is -2.39. The number of thiol groups is 1. The zero-order valence-electron chi connectivity index (χ0n) is 8.58. The van der Waals surface area contributed by atoms with Gasteiger partial charge in [-0.25, -0.2) is 4.79 Å². The van der Waals surface area contributed by atoms with Gasteiger partial charge in [0, 0.05) is 0 Å². The lowest BCUT2D eigenvalue weighted by molar-refractivity contribution is -0.138. The van der Waals surface area contributed by atoms with Gasteiger partial charge >= 0.3 is 6.09 Å². The van der Waals surface area contributed by atoms with Crippen molar-refractivity contribution in [2.24, 2.45) is 5.41 Å². The molecule has 1 aliphatic rings. The van der Waals surface area contributed by atoms with Crippen molar-refractivity contribution in [3.63, 3.8) is 0 Å². The molecular formula is C9H17NO3S. The van der Waals surface area contributed by atoms with E-state index in [0.717, 1.165) is 6.42 Å². The summed E-state index contributed by atoms with van der Waals surface area (Å²) in [7, 11) is 0. The van der Waals surface area contributed by atoms with Crippen LogP contribution in [0.5, 0.6) is 0 Å². The molecule has 0 bridgehead atoms. The number of rotatable bonds is 4. The number of hydrogen-bond donors (Lipinski definition) is 2. The van der Waals surface area contributed by atoms with Crippen LogP contribution >= 0.6 is 12.6 Å². The Morgan fingerprint density at radius 1 is 1.71 bits per heavy atom. The van der Waals surface area contributed by atoms with E-state index in [1.165, 1.54) is 0 Å². The highest BCUT2D eigenvalue weighted by atomic mass is 32.1. The zero-order valence-corrected chi connectivity index (χ0v) is 9.47. The Balaban J connectivity index is 2.22. The quantitative estimate of drug-likeness (QED) is 0.555. The summed E-state index contributed by atoms with van der Waals surface area (Å²) >= 11 is 4.03. The predicted octanol–water partition coefficient (Wildman–Crippen LogP) is 1.42. The lowest BCUT2D eigenvalue weighted by Crippen LogP contribution is -2.47. The number of hydrogen-bond acceptors (Lipinski definition) is 4. The van der Waals surface area contributed by atoms with Crippen LogP contribution in [0.2, 0.25) is 0 Å². The van der Waals surface area contributed by atoms with Crippen molar-refractivity contribution in [3.05, 3.63) is 0 Å². The van der Waals surface area contributed by atoms with Gasteiger partial charge in [0.25, 0.3) is 0 Å². The van der Waals surface area contributed by atoms with E-state index in [1.807, 2.05) is 0 Å². The summed E-state index contributed by atoms with van der Waals surface area (Å²) in [5.41, 5.74) is 0.0528. The van der Waals surface area contributed by atoms with Crippen LogP contribution in [0.15, 0.2) is 0 Å². The van der Waals surface area contributed by atoms with Gasteiger partial charge in [-0.3, -0.25) is 0 Å². The topological polar surface area (TPSA) is 47.6 Å². The van der Waals surface area contributed by atoms with Crippen molar-refractivity contribution < 1.29 is 14.3 Å². The molecule has 0 spiro atoms. The first-order chi connectivity index (χ1) is 6.58. The van der Waals surface area contributed by atoms with E-state index in [0.29, 0.717) is 19.8 Å². The van der Waals surface area contributed by atoms with Gasteiger partial charge in [0.05, 0.1) is 24.0 Å². The van der Waals surface area contributed by atoms with Crippen molar-refractivity contribution in [2.75, 3.05) is 19.8 Å². The van der Waals surface area contributed by atoms with Gasteiger partial charge in [-0.1, -0.05) is 6.92 Å². The highest BCUT2D eigenvalue weighted by Gasteiger charge is 2.38. The molecule has 82 valence electrons. The third-order valence-electron chi connectivity index (χ3n) is 2.40. The number of ether oxygens (including phenoxy) is 2. The van der Waals surface area contributed by atoms with Gasteiger partial charge in [0.15, 0.2) is 0 Å². The molecule has 0 saturated carbocycles. The van der Waals surface area contributed by atoms with Crippen molar-refractivity contribution >= 4 is 18.7 Å². The molecule has 0 radical (unpaired) electrons. The molecule has 1 rings (SSSR count). The molecule has 1 amide bonds. The van der Waals surface area contributed by atoms with Crippen LogP contribution in [-0.2, 0) is 9.47 Å². The molecule has 0 aromatic rings. The maximum absolute atomic E-state index is 11.1. The fourth-order valence-electron chi connectivity index (χ4n) is 1.21. The summed E-state index contributed by atoms with van der Waals surface area (Å²) in [5, 5.41) is 2.37. The van der Waals surface area contributed by atoms with Crippen LogP contribution in [-0.4, -0.2) is 31.3 Å². The van der Waals surface area contributed by atoms with Crippen LogP contribution < -0.4 is 5.32 Å². The molecule has 4 nitrogen and oxygen atoms in total. The summed E-state index contributed by atoms with van der Waals surface area (Å²) in [4.78, 5) is 11.1. The molecule has 0 aliphatic carbocycles. The third-order valence-corrected chi connectivity index (χ3v) is 2.53. The van der Waals surface area contributed by atoms with Crippen LogP contribution in [0.4, 0.5) is 4.79 Å². The standard InChI is InChI=1S/C9H17NO3S/c1-3-9(4-12-5-9)6-13-8(11)10-7(2)14/h7,14H,3-6H2,1-2H3,(H,10,11). The van der Waals surface area contributed by atoms with E-state index >= 15 is 0 Å². The Morgan fingerprint density at radius 2 is 2.36 bits per heavy atom. The van der Waals surface area contributed by atoms with Crippen molar-refractivity contribution in [2.45, 2.75) is 25.6 Å². The van der Waals surface area contributed by atoms with E-state index in [9.17, 15) is 4.79 Å². The van der Waals surface area contributed by atoms with Gasteiger partial charge < -0.3 is 14.8 Å². The second kappa shape index (κ2) is 4.89. The van der Waals surface area contributed by atoms with E-state index in [1.54, 1.807) is 6.92 Å². The second-order valence-corrected chi connectivity index (χ2v) is 4.52. The zero-order chi connectivity index (χ0) is 10.6. The van der Waals surface area contributed by atoms with Gasteiger partial charge in [0.1, 0.15) is 6.61 Å². The molecule has 1 N–H and O–H groups in total. The smallest absolute Gasteiger partial charge is 0.408 e. The minimum absolute atomic E-state index is 0.0528. The summed E-state index contributed by atoms with van der Waals surface area (Å²) in [5.74, 6) is 0. The lowest BCUT2D eigenvalue weighted by atomic mass is 9.84. The first kappa shape index (κ1) is 11.7. The molecule has 1 fully saturated rings. The van der Waals surface area contributed by atoms with Gasteiger partial charge in [-0.05, 0) is 13.3 Å². The predicted molar refractivity (Wildman–Crippen MR) is 56.5 cm³/mol. The maximum Gasteiger partial charge on any atom is 0.408 e. The summed E-state index contributed by atoms with van der Waals surface area (Å²) in [6.45, 7) is 5.65. The van der Waals surface area contributed by atoms with E-state index in [-0.39, 0.29) is 10.8 Å². The first-order valence-electron chi connectivity index (χ1n) is 4.77. The maximum atomic E-state index is 11.1. The van der Waals surface area contributed by atoms with Crippen molar-refractivity contribution in [1.82, 2.24) is 5.32 Å². The average molecular weight is 219 g/mol. The third kappa shape index (κ3) is 3.06. The Labute approximate surface area is 89.7 Å². The number of nitrogens with one attached hydrogen (secondary N) is 1. The molecule has 1 unspecified atom stereocenters. The highest BCUT2D eigenvalue weighted by Crippen LogP contribution is 2.31. The van der Waals surface area contributed by atoms with Gasteiger partial charge in [0.2, 0.25) is 0 Å². The Bertz CT molecular complexity index is 199. The molecule has 5 heteroatoms. The van der Waals surface area contributed by atoms with Crippen LogP contribution in [0.25, 0.3) is 0 Å². The van der Waals surface area contributed by atoms with Gasteiger partial charge in [-0.2, -0.15) is 12.6 Å². The van der Waals surface area contributed by atoms with Crippen LogP contribution in [0, 0.1) is 5.41 Å². The fraction of sp³-hybridized carbons (Fsp3) is 0.889. The number of carbonyl (C=O) groups is 1. The van der Waals surface area contributed by atoms with Gasteiger partial charge in [-0.15, -0.1) is 0 Å². The van der Waals surface area contributed by atoms with E-state index in [4.69, 9.17) is 9.47 Å². The minimum atomic E-state index is -0.410. The SMILES string of the molecule is CCC1(COC(=O)NC(C)S)COC1. The van der Waals surface area contributed by atoms with Crippen molar-refractivity contribution in [3.8, 4) is 0 Å². The molecule has 1 aliphatic heterocycles. The second-order valence-electron chi connectivity index (χ2n) is 3.74. The Kier molecular flexibility index (Phi) is 4.07. The van der Waals surface area contributed by atoms with E-state index in [2.05, 4.69) is 24.9 Å². The monoisotopic (exact) mass is 219 g/mol. The van der Waals surface area contributed by atoms with Crippen LogP contribution in [0.3, 0.4) is 0 Å². The largest absolute Gasteiger partial charge is 0.449 e. The fourth-order valence-corrected chi connectivity index (χ4v) is 1.32. The molecule has 0 aromatic heterocycles. The highest BCUT2D eigenvalue weighted by molar-refractivity contribution is 7.80. The Morgan fingerprint density at radius 3 is 2.71 bits per heavy atom. The number of carbonyl (C=O) groups excluding carboxylic acids is 1. The van der Waals surface area contributed by atoms with Crippen molar-refractivity contribution in [1.29, 1.82) is 0 Å². The van der Waals surface area contributed by atoms with Crippen LogP contribution in [0.1, 0.15) is 20.3 Å². The normalized spacial score (nSPS) is 20.8. The molecule has 1 saturated heterocycles. The van der Waals surface area contributed by atoms with E-state index < -0.39 is 6.09 Å². The molecular weight excluding hydrogens is 202 g/mol. The molecule has 1 heterocycles. The molecule has 0 aromatic carbocycles. The molecule has 1 atom stereocenters. The summed E-state index contributed by atoms with van der Waals surface area (Å²) in [6, 6.07) is 0. The minimum Gasteiger partial charge on any atom is -0.449 e. The molecule has 14 heavy (non-hydrogen) atoms.